The molecule has 1 aromatic carbocycles. The SMILES string of the molecule is C=C(CN)COc1ccccc1C(F)(F)F. The highest BCUT2D eigenvalue weighted by Crippen LogP contribution is 2.35. The summed E-state index contributed by atoms with van der Waals surface area (Å²) in [6.45, 7) is 3.73. The first kappa shape index (κ1) is 12.6. The van der Waals surface area contributed by atoms with Gasteiger partial charge in [0.15, 0.2) is 0 Å². The molecule has 0 radical (unpaired) electrons. The third-order valence-electron chi connectivity index (χ3n) is 1.91. The molecule has 0 saturated heterocycles. The van der Waals surface area contributed by atoms with Crippen molar-refractivity contribution in [3.05, 3.63) is 42.0 Å². The average molecular weight is 231 g/mol. The highest BCUT2D eigenvalue weighted by atomic mass is 19.4. The summed E-state index contributed by atoms with van der Waals surface area (Å²) >= 11 is 0. The Morgan fingerprint density at radius 3 is 2.50 bits per heavy atom. The molecule has 0 saturated carbocycles. The molecule has 1 rings (SSSR count). The Hall–Kier alpha value is -1.49. The number of nitrogens with two attached hydrogens (primary N) is 1. The summed E-state index contributed by atoms with van der Waals surface area (Å²) in [5.41, 5.74) is 5.01. The number of ether oxygens (including phenoxy) is 1. The van der Waals surface area contributed by atoms with Crippen LogP contribution >= 0.6 is 0 Å². The van der Waals surface area contributed by atoms with Gasteiger partial charge in [0.1, 0.15) is 12.4 Å². The topological polar surface area (TPSA) is 35.2 Å². The van der Waals surface area contributed by atoms with Crippen LogP contribution in [0.1, 0.15) is 5.56 Å². The van der Waals surface area contributed by atoms with E-state index in [1.165, 1.54) is 18.2 Å². The summed E-state index contributed by atoms with van der Waals surface area (Å²) in [6.07, 6.45) is -4.42. The molecule has 0 amide bonds. The smallest absolute Gasteiger partial charge is 0.419 e. The predicted molar refractivity (Wildman–Crippen MR) is 55.1 cm³/mol. The van der Waals surface area contributed by atoms with Crippen molar-refractivity contribution < 1.29 is 17.9 Å². The predicted octanol–water partition coefficient (Wildman–Crippen LogP) is 2.60. The number of halogens is 3. The van der Waals surface area contributed by atoms with Crippen LogP contribution in [0.2, 0.25) is 0 Å². The third kappa shape index (κ3) is 3.27. The lowest BCUT2D eigenvalue weighted by atomic mass is 10.2. The molecule has 16 heavy (non-hydrogen) atoms. The second kappa shape index (κ2) is 5.03. The fraction of sp³-hybridized carbons (Fsp3) is 0.273. The monoisotopic (exact) mass is 231 g/mol. The maximum absolute atomic E-state index is 12.5. The van der Waals surface area contributed by atoms with Gasteiger partial charge in [-0.3, -0.25) is 0 Å². The van der Waals surface area contributed by atoms with Crippen LogP contribution in [0.4, 0.5) is 13.2 Å². The van der Waals surface area contributed by atoms with Crippen molar-refractivity contribution in [3.8, 4) is 5.75 Å². The number of benzene rings is 1. The fourth-order valence-electron chi connectivity index (χ4n) is 1.07. The molecule has 0 aromatic heterocycles. The van der Waals surface area contributed by atoms with Crippen LogP contribution in [-0.4, -0.2) is 13.2 Å². The van der Waals surface area contributed by atoms with E-state index in [9.17, 15) is 13.2 Å². The van der Waals surface area contributed by atoms with E-state index in [0.717, 1.165) is 6.07 Å². The van der Waals surface area contributed by atoms with E-state index < -0.39 is 11.7 Å². The van der Waals surface area contributed by atoms with Crippen molar-refractivity contribution in [1.82, 2.24) is 0 Å². The number of hydrogen-bond acceptors (Lipinski definition) is 2. The quantitative estimate of drug-likeness (QED) is 0.808. The molecule has 2 nitrogen and oxygen atoms in total. The minimum absolute atomic E-state index is 0.0103. The van der Waals surface area contributed by atoms with Crippen LogP contribution in [0.15, 0.2) is 36.4 Å². The largest absolute Gasteiger partial charge is 0.489 e. The maximum atomic E-state index is 12.5. The minimum Gasteiger partial charge on any atom is -0.489 e. The molecule has 0 spiro atoms. The highest BCUT2D eigenvalue weighted by molar-refractivity contribution is 5.35. The molecule has 88 valence electrons. The molecule has 1 aromatic rings. The summed E-state index contributed by atoms with van der Waals surface area (Å²) in [6, 6.07) is 5.04. The number of rotatable bonds is 4. The molecule has 0 unspecified atom stereocenters. The number of alkyl halides is 3. The third-order valence-corrected chi connectivity index (χ3v) is 1.91. The molecule has 0 heterocycles. The zero-order valence-electron chi connectivity index (χ0n) is 8.55. The Balaban J connectivity index is 2.84. The van der Waals surface area contributed by atoms with Crippen LogP contribution in [0.25, 0.3) is 0 Å². The molecule has 0 aliphatic heterocycles. The molecule has 0 aliphatic rings. The Labute approximate surface area is 91.5 Å². The van der Waals surface area contributed by atoms with Gasteiger partial charge in [-0.1, -0.05) is 18.7 Å². The van der Waals surface area contributed by atoms with E-state index in [4.69, 9.17) is 10.5 Å². The van der Waals surface area contributed by atoms with Gasteiger partial charge in [-0.15, -0.1) is 0 Å². The zero-order chi connectivity index (χ0) is 12.2. The van der Waals surface area contributed by atoms with E-state index in [2.05, 4.69) is 6.58 Å². The van der Waals surface area contributed by atoms with Gasteiger partial charge in [0.25, 0.3) is 0 Å². The van der Waals surface area contributed by atoms with Crippen LogP contribution in [0.3, 0.4) is 0 Å². The Morgan fingerprint density at radius 1 is 1.31 bits per heavy atom. The van der Waals surface area contributed by atoms with Gasteiger partial charge < -0.3 is 10.5 Å². The number of para-hydroxylation sites is 1. The van der Waals surface area contributed by atoms with Gasteiger partial charge in [-0.05, 0) is 17.7 Å². The lowest BCUT2D eigenvalue weighted by Gasteiger charge is -2.13. The Morgan fingerprint density at radius 2 is 1.94 bits per heavy atom. The van der Waals surface area contributed by atoms with Crippen molar-refractivity contribution in [3.63, 3.8) is 0 Å². The molecule has 0 fully saturated rings. The van der Waals surface area contributed by atoms with Crippen molar-refractivity contribution in [2.24, 2.45) is 5.73 Å². The summed E-state index contributed by atoms with van der Waals surface area (Å²) < 4.78 is 42.6. The molecule has 0 aliphatic carbocycles. The maximum Gasteiger partial charge on any atom is 0.419 e. The summed E-state index contributed by atoms with van der Waals surface area (Å²) in [4.78, 5) is 0. The van der Waals surface area contributed by atoms with E-state index in [0.29, 0.717) is 5.57 Å². The summed E-state index contributed by atoms with van der Waals surface area (Å²) in [5, 5.41) is 0. The minimum atomic E-state index is -4.42. The normalized spacial score (nSPS) is 11.2. The van der Waals surface area contributed by atoms with Crippen molar-refractivity contribution >= 4 is 0 Å². The Kier molecular flexibility index (Phi) is 3.95. The van der Waals surface area contributed by atoms with Crippen LogP contribution < -0.4 is 10.5 Å². The van der Waals surface area contributed by atoms with Gasteiger partial charge >= 0.3 is 6.18 Å². The van der Waals surface area contributed by atoms with E-state index in [1.807, 2.05) is 0 Å². The van der Waals surface area contributed by atoms with E-state index in [1.54, 1.807) is 0 Å². The van der Waals surface area contributed by atoms with Crippen LogP contribution in [0.5, 0.6) is 5.75 Å². The van der Waals surface area contributed by atoms with Gasteiger partial charge in [0.05, 0.1) is 5.56 Å². The van der Waals surface area contributed by atoms with Gasteiger partial charge in [0.2, 0.25) is 0 Å². The summed E-state index contributed by atoms with van der Waals surface area (Å²) in [5.74, 6) is -0.204. The van der Waals surface area contributed by atoms with Crippen molar-refractivity contribution in [2.45, 2.75) is 6.18 Å². The van der Waals surface area contributed by atoms with E-state index >= 15 is 0 Å². The first-order valence-electron chi connectivity index (χ1n) is 4.61. The number of hydrogen-bond donors (Lipinski definition) is 1. The van der Waals surface area contributed by atoms with Crippen molar-refractivity contribution in [1.29, 1.82) is 0 Å². The first-order chi connectivity index (χ1) is 7.45. The van der Waals surface area contributed by atoms with Gasteiger partial charge in [0, 0.05) is 6.54 Å². The average Bonchev–Trinajstić information content (AvgIpc) is 2.25. The molecule has 2 N–H and O–H groups in total. The molecule has 0 bridgehead atoms. The molecule has 0 atom stereocenters. The molecule has 5 heteroatoms. The molecular formula is C11H12F3NO. The first-order valence-corrected chi connectivity index (χ1v) is 4.61. The standard InChI is InChI=1S/C11H12F3NO/c1-8(6-15)7-16-10-5-3-2-4-9(10)11(12,13)14/h2-5H,1,6-7,15H2. The van der Waals surface area contributed by atoms with Gasteiger partial charge in [-0.25, -0.2) is 0 Å². The van der Waals surface area contributed by atoms with E-state index in [-0.39, 0.29) is 18.9 Å². The summed E-state index contributed by atoms with van der Waals surface area (Å²) in [7, 11) is 0. The Bertz CT molecular complexity index is 374. The van der Waals surface area contributed by atoms with Crippen LogP contribution in [0, 0.1) is 0 Å². The second-order valence-electron chi connectivity index (χ2n) is 3.24. The van der Waals surface area contributed by atoms with Gasteiger partial charge in [-0.2, -0.15) is 13.2 Å². The lowest BCUT2D eigenvalue weighted by Crippen LogP contribution is -2.13. The molecular weight excluding hydrogens is 219 g/mol. The lowest BCUT2D eigenvalue weighted by molar-refractivity contribution is -0.138. The second-order valence-corrected chi connectivity index (χ2v) is 3.24. The highest BCUT2D eigenvalue weighted by Gasteiger charge is 2.33. The zero-order valence-corrected chi connectivity index (χ0v) is 8.55. The van der Waals surface area contributed by atoms with Crippen LogP contribution in [-0.2, 0) is 6.18 Å². The van der Waals surface area contributed by atoms with Crippen molar-refractivity contribution in [2.75, 3.05) is 13.2 Å². The fourth-order valence-corrected chi connectivity index (χ4v) is 1.07.